The van der Waals surface area contributed by atoms with Gasteiger partial charge in [-0.2, -0.15) is 11.8 Å². The normalized spacial score (nSPS) is 19.2. The average Bonchev–Trinajstić information content (AvgIpc) is 2.44. The fourth-order valence-corrected chi connectivity index (χ4v) is 2.69. The van der Waals surface area contributed by atoms with Gasteiger partial charge in [0.25, 0.3) is 5.91 Å². The molecule has 1 saturated heterocycles. The first-order valence-electron chi connectivity index (χ1n) is 6.11. The smallest absolute Gasteiger partial charge is 0.254 e. The summed E-state index contributed by atoms with van der Waals surface area (Å²) in [5.74, 6) is 0.703. The van der Waals surface area contributed by atoms with Crippen molar-refractivity contribution in [3.05, 3.63) is 28.8 Å². The van der Waals surface area contributed by atoms with Gasteiger partial charge in [-0.25, -0.2) is 0 Å². The maximum Gasteiger partial charge on any atom is 0.254 e. The van der Waals surface area contributed by atoms with E-state index in [4.69, 9.17) is 16.3 Å². The predicted molar refractivity (Wildman–Crippen MR) is 79.9 cm³/mol. The van der Waals surface area contributed by atoms with Gasteiger partial charge in [0.15, 0.2) is 0 Å². The van der Waals surface area contributed by atoms with Crippen LogP contribution in [0.15, 0.2) is 18.2 Å². The van der Waals surface area contributed by atoms with Crippen molar-refractivity contribution in [2.24, 2.45) is 0 Å². The first-order valence-corrected chi connectivity index (χ1v) is 7.88. The van der Waals surface area contributed by atoms with E-state index in [1.165, 1.54) is 0 Å². The van der Waals surface area contributed by atoms with E-state index < -0.39 is 6.10 Å². The summed E-state index contributed by atoms with van der Waals surface area (Å²) < 4.78 is 5.41. The van der Waals surface area contributed by atoms with Crippen molar-refractivity contribution < 1.29 is 9.53 Å². The van der Waals surface area contributed by atoms with E-state index in [0.717, 1.165) is 28.6 Å². The number of halogens is 1. The van der Waals surface area contributed by atoms with E-state index in [1.807, 2.05) is 18.4 Å². The minimum absolute atomic E-state index is 0.121. The molecule has 0 bridgehead atoms. The topological polar surface area (TPSA) is 50.4 Å². The van der Waals surface area contributed by atoms with Crippen molar-refractivity contribution in [3.63, 3.8) is 0 Å². The molecule has 0 aliphatic carbocycles. The lowest BCUT2D eigenvalue weighted by molar-refractivity contribution is -0.128. The fourth-order valence-electron chi connectivity index (χ4n) is 1.88. The minimum Gasteiger partial charge on any atom is -0.366 e. The lowest BCUT2D eigenvalue weighted by Gasteiger charge is -2.22. The lowest BCUT2D eigenvalue weighted by Crippen LogP contribution is -2.45. The first kappa shape index (κ1) is 14.7. The van der Waals surface area contributed by atoms with Gasteiger partial charge >= 0.3 is 0 Å². The zero-order valence-corrected chi connectivity index (χ0v) is 12.3. The molecule has 0 saturated carbocycles. The van der Waals surface area contributed by atoms with Gasteiger partial charge in [-0.1, -0.05) is 11.6 Å². The second kappa shape index (κ2) is 7.14. The number of thioether (sulfide) groups is 1. The Labute approximate surface area is 122 Å². The molecule has 0 radical (unpaired) electrons. The van der Waals surface area contributed by atoms with Gasteiger partial charge in [-0.15, -0.1) is 0 Å². The molecule has 2 rings (SSSR count). The van der Waals surface area contributed by atoms with Crippen LogP contribution in [0.25, 0.3) is 0 Å². The quantitative estimate of drug-likeness (QED) is 0.894. The van der Waals surface area contributed by atoms with Crippen LogP contribution in [-0.4, -0.2) is 38.0 Å². The summed E-state index contributed by atoms with van der Waals surface area (Å²) >= 11 is 7.79. The Kier molecular flexibility index (Phi) is 5.51. The summed E-state index contributed by atoms with van der Waals surface area (Å²) in [7, 11) is 0. The largest absolute Gasteiger partial charge is 0.366 e. The third kappa shape index (κ3) is 4.11. The van der Waals surface area contributed by atoms with Crippen molar-refractivity contribution in [2.45, 2.75) is 11.9 Å². The molecule has 0 spiro atoms. The van der Waals surface area contributed by atoms with E-state index in [9.17, 15) is 4.79 Å². The Morgan fingerprint density at radius 1 is 1.63 bits per heavy atom. The molecule has 1 fully saturated rings. The van der Waals surface area contributed by atoms with Crippen LogP contribution in [0.4, 0.5) is 5.69 Å². The maximum atomic E-state index is 12.0. The maximum absolute atomic E-state index is 12.0. The molecule has 0 aromatic heterocycles. The van der Waals surface area contributed by atoms with Crippen molar-refractivity contribution >= 4 is 35.0 Å². The molecule has 1 heterocycles. The van der Waals surface area contributed by atoms with Gasteiger partial charge in [0.05, 0.1) is 6.61 Å². The molecule has 104 valence electrons. The molecule has 6 heteroatoms. The van der Waals surface area contributed by atoms with Crippen LogP contribution < -0.4 is 10.6 Å². The number of carbonyl (C=O) groups excluding carboxylic acids is 1. The standard InChI is InChI=1S/C13H17ClN2O2S/c1-19-8-9-6-10(2-3-11(9)14)16-13(17)12-7-15-4-5-18-12/h2-3,6,12,15H,4-5,7-8H2,1H3,(H,16,17). The number of carbonyl (C=O) groups is 1. The SMILES string of the molecule is CSCc1cc(NC(=O)C2CNCCO2)ccc1Cl. The van der Waals surface area contributed by atoms with Crippen LogP contribution in [0.2, 0.25) is 5.02 Å². The number of rotatable bonds is 4. The second-order valence-corrected chi connectivity index (χ2v) is 5.57. The Morgan fingerprint density at radius 2 is 2.47 bits per heavy atom. The second-order valence-electron chi connectivity index (χ2n) is 4.29. The Hall–Kier alpha value is -0.750. The molecular formula is C13H17ClN2O2S. The van der Waals surface area contributed by atoms with Gasteiger partial charge in [0, 0.05) is 29.6 Å². The highest BCUT2D eigenvalue weighted by atomic mass is 35.5. The number of nitrogens with one attached hydrogen (secondary N) is 2. The summed E-state index contributed by atoms with van der Waals surface area (Å²) in [6, 6.07) is 5.52. The molecule has 1 unspecified atom stereocenters. The summed E-state index contributed by atoms with van der Waals surface area (Å²) in [6.45, 7) is 1.91. The van der Waals surface area contributed by atoms with Crippen molar-refractivity contribution in [2.75, 3.05) is 31.3 Å². The molecule has 1 aromatic carbocycles. The highest BCUT2D eigenvalue weighted by Gasteiger charge is 2.21. The molecule has 1 aromatic rings. The van der Waals surface area contributed by atoms with Gasteiger partial charge in [-0.3, -0.25) is 4.79 Å². The van der Waals surface area contributed by atoms with Gasteiger partial charge < -0.3 is 15.4 Å². The van der Waals surface area contributed by atoms with Crippen LogP contribution in [0.3, 0.4) is 0 Å². The Balaban J connectivity index is 2.01. The van der Waals surface area contributed by atoms with Crippen LogP contribution in [0.1, 0.15) is 5.56 Å². The Morgan fingerprint density at radius 3 is 3.16 bits per heavy atom. The third-order valence-corrected chi connectivity index (χ3v) is 3.80. The molecule has 2 N–H and O–H groups in total. The molecule has 1 atom stereocenters. The lowest BCUT2D eigenvalue weighted by atomic mass is 10.2. The number of benzene rings is 1. The number of hydrogen-bond acceptors (Lipinski definition) is 4. The van der Waals surface area contributed by atoms with Gasteiger partial charge in [0.2, 0.25) is 0 Å². The molecular weight excluding hydrogens is 284 g/mol. The van der Waals surface area contributed by atoms with Crippen LogP contribution in [0, 0.1) is 0 Å². The van der Waals surface area contributed by atoms with Crippen LogP contribution in [-0.2, 0) is 15.3 Å². The van der Waals surface area contributed by atoms with Crippen molar-refractivity contribution in [3.8, 4) is 0 Å². The van der Waals surface area contributed by atoms with E-state index in [-0.39, 0.29) is 5.91 Å². The summed E-state index contributed by atoms with van der Waals surface area (Å²) in [5, 5.41) is 6.72. The van der Waals surface area contributed by atoms with E-state index in [1.54, 1.807) is 17.8 Å². The number of amides is 1. The van der Waals surface area contributed by atoms with Crippen molar-refractivity contribution in [1.82, 2.24) is 5.32 Å². The van der Waals surface area contributed by atoms with Crippen LogP contribution in [0.5, 0.6) is 0 Å². The highest BCUT2D eigenvalue weighted by Crippen LogP contribution is 2.24. The van der Waals surface area contributed by atoms with Crippen molar-refractivity contribution in [1.29, 1.82) is 0 Å². The van der Waals surface area contributed by atoms with E-state index in [0.29, 0.717) is 13.2 Å². The average molecular weight is 301 g/mol. The Bertz CT molecular complexity index is 450. The number of anilines is 1. The van der Waals surface area contributed by atoms with E-state index in [2.05, 4.69) is 10.6 Å². The van der Waals surface area contributed by atoms with Gasteiger partial charge in [-0.05, 0) is 30.0 Å². The molecule has 1 aliphatic rings. The fraction of sp³-hybridized carbons (Fsp3) is 0.462. The summed E-state index contributed by atoms with van der Waals surface area (Å²) in [4.78, 5) is 12.0. The summed E-state index contributed by atoms with van der Waals surface area (Å²) in [5.41, 5.74) is 1.78. The predicted octanol–water partition coefficient (Wildman–Crippen LogP) is 2.13. The van der Waals surface area contributed by atoms with Gasteiger partial charge in [0.1, 0.15) is 6.10 Å². The molecule has 1 aliphatic heterocycles. The first-order chi connectivity index (χ1) is 9.20. The third-order valence-electron chi connectivity index (χ3n) is 2.83. The van der Waals surface area contributed by atoms with Crippen LogP contribution >= 0.6 is 23.4 Å². The number of ether oxygens (including phenoxy) is 1. The number of hydrogen-bond donors (Lipinski definition) is 2. The monoisotopic (exact) mass is 300 g/mol. The molecule has 4 nitrogen and oxygen atoms in total. The zero-order valence-electron chi connectivity index (χ0n) is 10.7. The highest BCUT2D eigenvalue weighted by molar-refractivity contribution is 7.97. The molecule has 19 heavy (non-hydrogen) atoms. The summed E-state index contributed by atoms with van der Waals surface area (Å²) in [6.07, 6.45) is 1.59. The number of morpholine rings is 1. The zero-order chi connectivity index (χ0) is 13.7. The minimum atomic E-state index is -0.423. The molecule has 1 amide bonds. The van der Waals surface area contributed by atoms with E-state index >= 15 is 0 Å².